The largest absolute Gasteiger partial charge is 0.390 e. The number of aliphatic hydroxyl groups is 2. The molecule has 10 atom stereocenters. The van der Waals surface area contributed by atoms with Crippen molar-refractivity contribution in [1.29, 1.82) is 0 Å². The van der Waals surface area contributed by atoms with Crippen LogP contribution in [-0.2, 0) is 19.1 Å². The number of anilines is 1. The monoisotopic (exact) mass is 665 g/mol. The summed E-state index contributed by atoms with van der Waals surface area (Å²) in [6, 6.07) is 16.2. The molecule has 5 aliphatic rings. The summed E-state index contributed by atoms with van der Waals surface area (Å²) in [7, 11) is 0. The maximum Gasteiger partial charge on any atom is 0.193 e. The number of alkyl halides is 2. The summed E-state index contributed by atoms with van der Waals surface area (Å²) in [5.41, 5.74) is -4.88. The second kappa shape index (κ2) is 11.3. The van der Waals surface area contributed by atoms with Crippen LogP contribution in [0.3, 0.4) is 0 Å². The van der Waals surface area contributed by atoms with Gasteiger partial charge in [0.1, 0.15) is 12.8 Å². The maximum atomic E-state index is 17.6. The van der Waals surface area contributed by atoms with Gasteiger partial charge < -0.3 is 25.0 Å². The van der Waals surface area contributed by atoms with Gasteiger partial charge in [-0.1, -0.05) is 36.9 Å². The number of ketones is 2. The van der Waals surface area contributed by atoms with Crippen molar-refractivity contribution in [3.63, 3.8) is 0 Å². The molecule has 0 radical (unpaired) electrons. The van der Waals surface area contributed by atoms with Gasteiger partial charge in [0.2, 0.25) is 0 Å². The highest BCUT2D eigenvalue weighted by Gasteiger charge is 2.80. The number of Topliss-reactive ketones (excluding diaryl/α,β-unsaturated/α-hetero) is 1. The minimum Gasteiger partial charge on any atom is -0.390 e. The highest BCUT2D eigenvalue weighted by Crippen LogP contribution is 2.72. The molecule has 0 bridgehead atoms. The van der Waals surface area contributed by atoms with Crippen LogP contribution in [0.5, 0.6) is 0 Å². The summed E-state index contributed by atoms with van der Waals surface area (Å²) >= 11 is 1.61. The Labute approximate surface area is 277 Å². The van der Waals surface area contributed by atoms with Gasteiger partial charge >= 0.3 is 0 Å². The lowest BCUT2D eigenvalue weighted by molar-refractivity contribution is -0.235. The van der Waals surface area contributed by atoms with Gasteiger partial charge in [0.25, 0.3) is 0 Å². The molecule has 3 N–H and O–H groups in total. The second-order valence-corrected chi connectivity index (χ2v) is 15.6. The van der Waals surface area contributed by atoms with E-state index in [1.54, 1.807) is 25.6 Å². The molecule has 7 rings (SSSR count). The van der Waals surface area contributed by atoms with Crippen LogP contribution in [0.1, 0.15) is 58.8 Å². The fourth-order valence-electron chi connectivity index (χ4n) is 9.50. The fraction of sp³-hybridized carbons (Fsp3) is 0.514. The van der Waals surface area contributed by atoms with Crippen molar-refractivity contribution in [3.8, 4) is 0 Å². The number of rotatable bonds is 7. The smallest absolute Gasteiger partial charge is 0.193 e. The van der Waals surface area contributed by atoms with Gasteiger partial charge in [0.05, 0.1) is 12.2 Å². The van der Waals surface area contributed by atoms with Gasteiger partial charge in [-0.05, 0) is 100 Å². The van der Waals surface area contributed by atoms with E-state index >= 15 is 8.78 Å². The van der Waals surface area contributed by atoms with Crippen LogP contribution < -0.4 is 5.32 Å². The zero-order valence-electron chi connectivity index (χ0n) is 26.9. The Kier molecular flexibility index (Phi) is 7.88. The second-order valence-electron chi connectivity index (χ2n) is 14.5. The third-order valence-corrected chi connectivity index (χ3v) is 12.6. The molecule has 1 heterocycles. The Balaban J connectivity index is 1.16. The number of fused-ring (bicyclic) bond motifs is 7. The van der Waals surface area contributed by atoms with Gasteiger partial charge in [-0.3, -0.25) is 9.59 Å². The summed E-state index contributed by atoms with van der Waals surface area (Å²) in [6.07, 6.45) is -1.37. The third kappa shape index (κ3) is 4.65. The number of carbonyl (C=O) groups excluding carboxylic acids is 2. The zero-order valence-corrected chi connectivity index (χ0v) is 27.7. The van der Waals surface area contributed by atoms with Crippen molar-refractivity contribution in [2.75, 3.05) is 11.9 Å². The normalized spacial score (nSPS) is 40.4. The Morgan fingerprint density at radius 2 is 1.72 bits per heavy atom. The standard InChI is InChI=1S/C37H41F2NO6S/c1-20(2)40-22-7-11-25(12-8-22)47-24-9-5-21(6-10-24)33-45-32-17-26-27-16-29(38)28-15-23(42)13-14-34(28,3)36(27,39)30(43)18-35(26,4)37(32,46-33)31(44)19-41/h5-15,20,26-27,29-30,32-33,40-41,43H,16-19H2,1-4H3/t26-,27-,29-,30-,32+,33?,34-,35-,36-,37+/m0/s1. The van der Waals surface area contributed by atoms with Crippen LogP contribution in [0.25, 0.3) is 0 Å². The van der Waals surface area contributed by atoms with Gasteiger partial charge in [-0.25, -0.2) is 8.78 Å². The molecule has 4 fully saturated rings. The van der Waals surface area contributed by atoms with E-state index < -0.39 is 76.8 Å². The molecule has 2 aromatic rings. The van der Waals surface area contributed by atoms with Crippen LogP contribution >= 0.6 is 11.8 Å². The van der Waals surface area contributed by atoms with E-state index in [4.69, 9.17) is 9.47 Å². The highest BCUT2D eigenvalue weighted by molar-refractivity contribution is 7.99. The predicted molar refractivity (Wildman–Crippen MR) is 173 cm³/mol. The van der Waals surface area contributed by atoms with Crippen LogP contribution in [-0.4, -0.2) is 64.1 Å². The molecule has 1 unspecified atom stereocenters. The quantitative estimate of drug-likeness (QED) is 0.317. The average molecular weight is 666 g/mol. The first-order chi connectivity index (χ1) is 22.3. The van der Waals surface area contributed by atoms with Crippen molar-refractivity contribution in [1.82, 2.24) is 0 Å². The van der Waals surface area contributed by atoms with E-state index in [0.717, 1.165) is 21.6 Å². The molecule has 0 aromatic heterocycles. The number of ether oxygens (including phenoxy) is 2. The minimum atomic E-state index is -2.29. The molecule has 7 nitrogen and oxygen atoms in total. The lowest BCUT2D eigenvalue weighted by atomic mass is 9.44. The van der Waals surface area contributed by atoms with Crippen LogP contribution in [0.15, 0.2) is 82.1 Å². The van der Waals surface area contributed by atoms with Crippen molar-refractivity contribution >= 4 is 29.0 Å². The predicted octanol–water partition coefficient (Wildman–Crippen LogP) is 6.30. The van der Waals surface area contributed by atoms with Crippen molar-refractivity contribution in [2.45, 2.75) is 98.7 Å². The molecule has 4 aliphatic carbocycles. The average Bonchev–Trinajstić information content (AvgIpc) is 3.53. The summed E-state index contributed by atoms with van der Waals surface area (Å²) in [5, 5.41) is 25.3. The Bertz CT molecular complexity index is 1650. The number of carbonyl (C=O) groups is 2. The number of hydrogen-bond acceptors (Lipinski definition) is 8. The summed E-state index contributed by atoms with van der Waals surface area (Å²) in [4.78, 5) is 28.0. The van der Waals surface area contributed by atoms with Crippen molar-refractivity contribution in [3.05, 3.63) is 77.9 Å². The summed E-state index contributed by atoms with van der Waals surface area (Å²) in [5.74, 6) is -2.59. The van der Waals surface area contributed by atoms with Gasteiger partial charge in [-0.15, -0.1) is 0 Å². The number of nitrogens with one attached hydrogen (secondary N) is 1. The molecule has 1 aliphatic heterocycles. The lowest BCUT2D eigenvalue weighted by Crippen LogP contribution is -2.70. The molecule has 0 amide bonds. The van der Waals surface area contributed by atoms with Crippen LogP contribution in [0, 0.1) is 22.7 Å². The van der Waals surface area contributed by atoms with Crippen molar-refractivity contribution < 1.29 is 38.1 Å². The topological polar surface area (TPSA) is 105 Å². The number of aliphatic hydroxyl groups excluding tert-OH is 2. The molecule has 1 saturated heterocycles. The lowest BCUT2D eigenvalue weighted by Gasteiger charge is -2.63. The molecule has 0 spiro atoms. The fourth-order valence-corrected chi connectivity index (χ4v) is 10.3. The highest BCUT2D eigenvalue weighted by atomic mass is 32.2. The zero-order chi connectivity index (χ0) is 33.5. The van der Waals surface area contributed by atoms with Gasteiger partial charge in [-0.2, -0.15) is 0 Å². The molecule has 47 heavy (non-hydrogen) atoms. The first kappa shape index (κ1) is 32.6. The minimum absolute atomic E-state index is 0.0417. The SMILES string of the molecule is CC(C)Nc1ccc(Sc2ccc(C3O[C@@H]4C[C@H]5[C@@H]6C[C@H](F)C7=CC(=O)C=C[C@]7(C)[C@@]6(F)[C@@H](O)C[C@]5(C)[C@]4(C(=O)CO)O3)cc2)cc1. The van der Waals surface area contributed by atoms with Gasteiger partial charge in [0, 0.05) is 43.8 Å². The van der Waals surface area contributed by atoms with Crippen LogP contribution in [0.4, 0.5) is 14.5 Å². The molecule has 10 heteroatoms. The number of hydrogen-bond donors (Lipinski definition) is 3. The van der Waals surface area contributed by atoms with E-state index in [1.165, 1.54) is 12.2 Å². The first-order valence-electron chi connectivity index (χ1n) is 16.3. The summed E-state index contributed by atoms with van der Waals surface area (Å²) in [6.45, 7) is 6.68. The molecular formula is C37H41F2NO6S. The van der Waals surface area contributed by atoms with E-state index in [-0.39, 0.29) is 24.8 Å². The first-order valence-corrected chi connectivity index (χ1v) is 17.2. The summed E-state index contributed by atoms with van der Waals surface area (Å²) < 4.78 is 46.4. The molecular weight excluding hydrogens is 624 g/mol. The van der Waals surface area contributed by atoms with E-state index in [1.807, 2.05) is 36.4 Å². The Morgan fingerprint density at radius 1 is 1.06 bits per heavy atom. The van der Waals surface area contributed by atoms with Gasteiger partial charge in [0.15, 0.2) is 29.1 Å². The third-order valence-electron chi connectivity index (χ3n) is 11.6. The number of benzene rings is 2. The molecule has 250 valence electrons. The van der Waals surface area contributed by atoms with E-state index in [2.05, 4.69) is 31.3 Å². The van der Waals surface area contributed by atoms with E-state index in [0.29, 0.717) is 11.6 Å². The Morgan fingerprint density at radius 3 is 2.36 bits per heavy atom. The number of allylic oxidation sites excluding steroid dienone is 4. The van der Waals surface area contributed by atoms with Crippen molar-refractivity contribution in [2.24, 2.45) is 22.7 Å². The van der Waals surface area contributed by atoms with Crippen LogP contribution in [0.2, 0.25) is 0 Å². The molecule has 3 saturated carbocycles. The Hall–Kier alpha value is -2.89. The molecule has 2 aromatic carbocycles. The number of halogens is 2. The van der Waals surface area contributed by atoms with E-state index in [9.17, 15) is 19.8 Å². The maximum absolute atomic E-state index is 17.6.